The second kappa shape index (κ2) is 5.99. The Morgan fingerprint density at radius 3 is 1.96 bits per heavy atom. The van der Waals surface area contributed by atoms with Crippen LogP contribution in [0.1, 0.15) is 23.1 Å². The molecular formula is C14H11F6NO3. The lowest BCUT2D eigenvalue weighted by Gasteiger charge is -2.19. The molecule has 1 unspecified atom stereocenters. The number of hydrogen-bond donors (Lipinski definition) is 1. The number of carboxylic acid groups (broad SMARTS) is 1. The molecule has 132 valence electrons. The Bertz CT molecular complexity index is 635. The molecule has 1 aliphatic heterocycles. The number of amides is 1. The molecular weight excluding hydrogens is 344 g/mol. The fraction of sp³-hybridized carbons (Fsp3) is 0.429. The van der Waals surface area contributed by atoms with Gasteiger partial charge in [0.15, 0.2) is 0 Å². The van der Waals surface area contributed by atoms with Crippen molar-refractivity contribution in [1.82, 2.24) is 4.90 Å². The normalized spacial score (nSPS) is 19.0. The largest absolute Gasteiger partial charge is 0.481 e. The van der Waals surface area contributed by atoms with Gasteiger partial charge in [0.2, 0.25) is 5.91 Å². The van der Waals surface area contributed by atoms with E-state index in [1.807, 2.05) is 0 Å². The molecule has 1 heterocycles. The van der Waals surface area contributed by atoms with Crippen LogP contribution in [0.15, 0.2) is 18.2 Å². The van der Waals surface area contributed by atoms with Crippen LogP contribution in [0.4, 0.5) is 26.3 Å². The van der Waals surface area contributed by atoms with Crippen LogP contribution < -0.4 is 0 Å². The highest BCUT2D eigenvalue weighted by molar-refractivity contribution is 5.86. The van der Waals surface area contributed by atoms with Crippen molar-refractivity contribution in [3.63, 3.8) is 0 Å². The number of carbonyl (C=O) groups is 2. The Morgan fingerprint density at radius 1 is 1.08 bits per heavy atom. The first-order valence-corrected chi connectivity index (χ1v) is 6.67. The van der Waals surface area contributed by atoms with Crippen molar-refractivity contribution in [2.75, 3.05) is 6.54 Å². The van der Waals surface area contributed by atoms with Crippen LogP contribution in [0.5, 0.6) is 0 Å². The smallest absolute Gasteiger partial charge is 0.416 e. The van der Waals surface area contributed by atoms with Gasteiger partial charge in [-0.3, -0.25) is 9.59 Å². The monoisotopic (exact) mass is 355 g/mol. The van der Waals surface area contributed by atoms with Crippen LogP contribution in [-0.4, -0.2) is 28.4 Å². The minimum atomic E-state index is -4.98. The zero-order valence-corrected chi connectivity index (χ0v) is 11.9. The number of rotatable bonds is 3. The third-order valence-corrected chi connectivity index (χ3v) is 3.58. The molecule has 0 aliphatic carbocycles. The van der Waals surface area contributed by atoms with Gasteiger partial charge in [-0.25, -0.2) is 0 Å². The maximum absolute atomic E-state index is 12.8. The summed E-state index contributed by atoms with van der Waals surface area (Å²) in [7, 11) is 0. The van der Waals surface area contributed by atoms with E-state index >= 15 is 0 Å². The Labute approximate surface area is 131 Å². The molecule has 10 heteroatoms. The maximum atomic E-state index is 12.8. The predicted molar refractivity (Wildman–Crippen MR) is 67.6 cm³/mol. The standard InChI is InChI=1S/C14H11F6NO3/c15-13(16,17)9-1-7(2-10(4-9)14(18,19)20)5-21-6-8(12(23)24)3-11(21)22/h1-2,4,8H,3,5-6H2,(H,23,24). The predicted octanol–water partition coefficient (Wildman–Crippen LogP) is 3.16. The number of alkyl halides is 6. The van der Waals surface area contributed by atoms with Gasteiger partial charge in [-0.15, -0.1) is 0 Å². The van der Waals surface area contributed by atoms with Gasteiger partial charge in [-0.05, 0) is 23.8 Å². The van der Waals surface area contributed by atoms with E-state index in [0.29, 0.717) is 12.1 Å². The summed E-state index contributed by atoms with van der Waals surface area (Å²) in [6.45, 7) is -0.776. The summed E-state index contributed by atoms with van der Waals surface area (Å²) in [4.78, 5) is 23.5. The van der Waals surface area contributed by atoms with Crippen LogP contribution in [0.3, 0.4) is 0 Å². The first-order valence-electron chi connectivity index (χ1n) is 6.67. The van der Waals surface area contributed by atoms with E-state index in [1.165, 1.54) is 0 Å². The summed E-state index contributed by atoms with van der Waals surface area (Å²) in [5.41, 5.74) is -3.32. The molecule has 1 N–H and O–H groups in total. The molecule has 0 saturated carbocycles. The first-order chi connectivity index (χ1) is 10.9. The van der Waals surface area contributed by atoms with Crippen LogP contribution >= 0.6 is 0 Å². The van der Waals surface area contributed by atoms with Gasteiger partial charge < -0.3 is 10.0 Å². The van der Waals surface area contributed by atoms with Crippen LogP contribution in [0.2, 0.25) is 0 Å². The highest BCUT2D eigenvalue weighted by atomic mass is 19.4. The summed E-state index contributed by atoms with van der Waals surface area (Å²) in [6, 6.07) is 1.04. The molecule has 1 atom stereocenters. The first kappa shape index (κ1) is 18.1. The number of nitrogens with zero attached hydrogens (tertiary/aromatic N) is 1. The lowest BCUT2D eigenvalue weighted by atomic mass is 10.0. The highest BCUT2D eigenvalue weighted by Gasteiger charge is 2.38. The molecule has 0 bridgehead atoms. The van der Waals surface area contributed by atoms with E-state index in [1.54, 1.807) is 0 Å². The van der Waals surface area contributed by atoms with Crippen molar-refractivity contribution in [2.24, 2.45) is 5.92 Å². The number of aliphatic carboxylic acids is 1. The average molecular weight is 355 g/mol. The van der Waals surface area contributed by atoms with Crippen molar-refractivity contribution in [1.29, 1.82) is 0 Å². The number of likely N-dealkylation sites (tertiary alicyclic amines) is 1. The molecule has 1 saturated heterocycles. The molecule has 1 fully saturated rings. The minimum Gasteiger partial charge on any atom is -0.481 e. The number of carboxylic acids is 1. The maximum Gasteiger partial charge on any atom is 0.416 e. The van der Waals surface area contributed by atoms with Gasteiger partial charge in [0, 0.05) is 19.5 Å². The molecule has 24 heavy (non-hydrogen) atoms. The number of carbonyl (C=O) groups excluding carboxylic acids is 1. The van der Waals surface area contributed by atoms with Crippen LogP contribution in [0.25, 0.3) is 0 Å². The van der Waals surface area contributed by atoms with Crippen LogP contribution in [0, 0.1) is 5.92 Å². The highest BCUT2D eigenvalue weighted by Crippen LogP contribution is 2.36. The molecule has 1 aliphatic rings. The van der Waals surface area contributed by atoms with E-state index in [-0.39, 0.29) is 24.6 Å². The van der Waals surface area contributed by atoms with Gasteiger partial charge in [0.25, 0.3) is 0 Å². The van der Waals surface area contributed by atoms with Crippen molar-refractivity contribution < 1.29 is 41.0 Å². The molecule has 4 nitrogen and oxygen atoms in total. The second-order valence-electron chi connectivity index (χ2n) is 5.43. The summed E-state index contributed by atoms with van der Waals surface area (Å²) in [5, 5.41) is 8.84. The van der Waals surface area contributed by atoms with Crippen molar-refractivity contribution in [2.45, 2.75) is 25.3 Å². The molecule has 1 aromatic carbocycles. The van der Waals surface area contributed by atoms with E-state index in [2.05, 4.69) is 0 Å². The molecule has 1 amide bonds. The minimum absolute atomic E-state index is 0.00461. The Balaban J connectivity index is 2.33. The van der Waals surface area contributed by atoms with E-state index in [0.717, 1.165) is 4.90 Å². The topological polar surface area (TPSA) is 57.6 Å². The third kappa shape index (κ3) is 3.98. The van der Waals surface area contributed by atoms with Crippen molar-refractivity contribution >= 4 is 11.9 Å². The van der Waals surface area contributed by atoms with Gasteiger partial charge in [0.1, 0.15) is 0 Å². The van der Waals surface area contributed by atoms with Crippen molar-refractivity contribution in [3.05, 3.63) is 34.9 Å². The summed E-state index contributed by atoms with van der Waals surface area (Å²) in [6.07, 6.45) is -10.3. The average Bonchev–Trinajstić information content (AvgIpc) is 2.78. The summed E-state index contributed by atoms with van der Waals surface area (Å²) >= 11 is 0. The molecule has 0 spiro atoms. The van der Waals surface area contributed by atoms with E-state index < -0.39 is 47.8 Å². The fourth-order valence-electron chi connectivity index (χ4n) is 2.42. The zero-order valence-electron chi connectivity index (χ0n) is 11.9. The number of hydrogen-bond acceptors (Lipinski definition) is 2. The fourth-order valence-corrected chi connectivity index (χ4v) is 2.42. The van der Waals surface area contributed by atoms with Crippen LogP contribution in [-0.2, 0) is 28.5 Å². The molecule has 0 aromatic heterocycles. The summed E-state index contributed by atoms with van der Waals surface area (Å²) in [5.74, 6) is -2.90. The van der Waals surface area contributed by atoms with Gasteiger partial charge >= 0.3 is 18.3 Å². The van der Waals surface area contributed by atoms with Gasteiger partial charge in [-0.2, -0.15) is 26.3 Å². The van der Waals surface area contributed by atoms with Crippen molar-refractivity contribution in [3.8, 4) is 0 Å². The Morgan fingerprint density at radius 2 is 1.58 bits per heavy atom. The molecule has 0 radical (unpaired) electrons. The SMILES string of the molecule is O=C(O)C1CC(=O)N(Cc2cc(C(F)(F)F)cc(C(F)(F)F)c2)C1. The third-order valence-electron chi connectivity index (χ3n) is 3.58. The molecule has 2 rings (SSSR count). The summed E-state index contributed by atoms with van der Waals surface area (Å²) < 4.78 is 76.6. The van der Waals surface area contributed by atoms with E-state index in [9.17, 15) is 35.9 Å². The van der Waals surface area contributed by atoms with E-state index in [4.69, 9.17) is 5.11 Å². The zero-order chi connectivity index (χ0) is 18.3. The second-order valence-corrected chi connectivity index (χ2v) is 5.43. The Hall–Kier alpha value is -2.26. The van der Waals surface area contributed by atoms with Gasteiger partial charge in [0.05, 0.1) is 17.0 Å². The molecule has 1 aromatic rings. The quantitative estimate of drug-likeness (QED) is 0.848. The number of halogens is 6. The van der Waals surface area contributed by atoms with Gasteiger partial charge in [-0.1, -0.05) is 0 Å². The lowest BCUT2D eigenvalue weighted by Crippen LogP contribution is -2.26. The Kier molecular flexibility index (Phi) is 4.51. The number of benzene rings is 1. The lowest BCUT2D eigenvalue weighted by molar-refractivity contribution is -0.143.